The van der Waals surface area contributed by atoms with Crippen LogP contribution in [0.2, 0.25) is 0 Å². The van der Waals surface area contributed by atoms with E-state index in [1.165, 1.54) is 16.4 Å². The summed E-state index contributed by atoms with van der Waals surface area (Å²) in [5.41, 5.74) is -0.149. The van der Waals surface area contributed by atoms with E-state index in [-0.39, 0.29) is 17.2 Å². The van der Waals surface area contributed by atoms with Gasteiger partial charge >= 0.3 is 0 Å². The number of carbonyl (C=O) groups excluding carboxylic acids is 1. The highest BCUT2D eigenvalue weighted by molar-refractivity contribution is 7.89. The number of rotatable bonds is 6. The van der Waals surface area contributed by atoms with Gasteiger partial charge in [-0.1, -0.05) is 25.1 Å². The van der Waals surface area contributed by atoms with Gasteiger partial charge in [0.05, 0.1) is 4.90 Å². The number of ketones is 1. The van der Waals surface area contributed by atoms with Crippen molar-refractivity contribution in [1.29, 1.82) is 0 Å². The third-order valence-electron chi connectivity index (χ3n) is 3.11. The van der Waals surface area contributed by atoms with E-state index in [0.717, 1.165) is 0 Å². The van der Waals surface area contributed by atoms with Crippen LogP contribution in [-0.4, -0.2) is 30.6 Å². The lowest BCUT2D eigenvalue weighted by atomic mass is 10.1. The molecule has 0 bridgehead atoms. The van der Waals surface area contributed by atoms with Crippen molar-refractivity contribution in [2.75, 3.05) is 6.54 Å². The predicted octanol–water partition coefficient (Wildman–Crippen LogP) is 3.25. The minimum atomic E-state index is -3.68. The molecule has 4 nitrogen and oxygen atoms in total. The Kier molecular flexibility index (Phi) is 5.48. The first-order valence-electron chi connectivity index (χ1n) is 6.91. The van der Waals surface area contributed by atoms with Crippen molar-refractivity contribution >= 4 is 15.8 Å². The van der Waals surface area contributed by atoms with Crippen LogP contribution >= 0.6 is 0 Å². The van der Waals surface area contributed by atoms with E-state index in [1.54, 1.807) is 25.1 Å². The topological polar surface area (TPSA) is 54.5 Å². The van der Waals surface area contributed by atoms with E-state index in [2.05, 4.69) is 6.58 Å². The number of nitrogens with zero attached hydrogens (tertiary/aromatic N) is 1. The maximum atomic E-state index is 12.8. The molecular weight excluding hydrogens is 286 g/mol. The third kappa shape index (κ3) is 4.02. The van der Waals surface area contributed by atoms with Crippen LogP contribution in [0.4, 0.5) is 0 Å². The summed E-state index contributed by atoms with van der Waals surface area (Å²) in [5.74, 6) is -0.0712. The van der Waals surface area contributed by atoms with Gasteiger partial charge in [-0.05, 0) is 32.9 Å². The van der Waals surface area contributed by atoms with Gasteiger partial charge in [0.1, 0.15) is 0 Å². The van der Waals surface area contributed by atoms with Gasteiger partial charge in [-0.15, -0.1) is 6.58 Å². The summed E-state index contributed by atoms with van der Waals surface area (Å²) in [7, 11) is -3.68. The van der Waals surface area contributed by atoms with E-state index in [9.17, 15) is 13.2 Å². The molecule has 21 heavy (non-hydrogen) atoms. The van der Waals surface area contributed by atoms with E-state index in [1.807, 2.05) is 20.8 Å². The smallest absolute Gasteiger partial charge is 0.243 e. The number of carbonyl (C=O) groups is 1. The summed E-state index contributed by atoms with van der Waals surface area (Å²) in [4.78, 5) is 11.9. The first-order chi connectivity index (χ1) is 9.64. The van der Waals surface area contributed by atoms with E-state index >= 15 is 0 Å². The molecule has 0 aliphatic carbocycles. The van der Waals surface area contributed by atoms with Gasteiger partial charge in [-0.2, -0.15) is 4.31 Å². The lowest BCUT2D eigenvalue weighted by molar-refractivity contribution is 0.0988. The molecule has 0 heterocycles. The SMILES string of the molecule is C=CCN(C(C)(C)C)S(=O)(=O)c1cccc(C(=O)CC)c1. The largest absolute Gasteiger partial charge is 0.294 e. The average molecular weight is 309 g/mol. The molecule has 0 amide bonds. The van der Waals surface area contributed by atoms with Crippen LogP contribution in [0.3, 0.4) is 0 Å². The van der Waals surface area contributed by atoms with Gasteiger partial charge in [0.25, 0.3) is 0 Å². The molecule has 5 heteroatoms. The fraction of sp³-hybridized carbons (Fsp3) is 0.438. The molecule has 0 saturated heterocycles. The number of hydrogen-bond acceptors (Lipinski definition) is 3. The molecule has 0 spiro atoms. The van der Waals surface area contributed by atoms with Crippen LogP contribution in [0.25, 0.3) is 0 Å². The molecule has 0 radical (unpaired) electrons. The average Bonchev–Trinajstić information content (AvgIpc) is 2.42. The van der Waals surface area contributed by atoms with Gasteiger partial charge in [0.2, 0.25) is 10.0 Å². The third-order valence-corrected chi connectivity index (χ3v) is 5.23. The van der Waals surface area contributed by atoms with Crippen molar-refractivity contribution in [3.63, 3.8) is 0 Å². The van der Waals surface area contributed by atoms with E-state index in [4.69, 9.17) is 0 Å². The van der Waals surface area contributed by atoms with Crippen molar-refractivity contribution < 1.29 is 13.2 Å². The molecule has 0 fully saturated rings. The van der Waals surface area contributed by atoms with Crippen molar-refractivity contribution in [3.05, 3.63) is 42.5 Å². The number of benzene rings is 1. The van der Waals surface area contributed by atoms with Gasteiger partial charge < -0.3 is 0 Å². The van der Waals surface area contributed by atoms with Crippen LogP contribution in [0.1, 0.15) is 44.5 Å². The zero-order valence-corrected chi connectivity index (χ0v) is 13.9. The Bertz CT molecular complexity index is 627. The molecule has 0 atom stereocenters. The zero-order valence-electron chi connectivity index (χ0n) is 13.1. The van der Waals surface area contributed by atoms with Crippen molar-refractivity contribution in [2.45, 2.75) is 44.6 Å². The molecule has 0 N–H and O–H groups in total. The number of hydrogen-bond donors (Lipinski definition) is 0. The van der Waals surface area contributed by atoms with Crippen LogP contribution in [0.15, 0.2) is 41.8 Å². The van der Waals surface area contributed by atoms with Gasteiger partial charge in [-0.3, -0.25) is 4.79 Å². The summed E-state index contributed by atoms with van der Waals surface area (Å²) in [5, 5.41) is 0. The minimum Gasteiger partial charge on any atom is -0.294 e. The first-order valence-corrected chi connectivity index (χ1v) is 8.35. The summed E-state index contributed by atoms with van der Waals surface area (Å²) in [6, 6.07) is 6.21. The highest BCUT2D eigenvalue weighted by Gasteiger charge is 2.33. The molecule has 116 valence electrons. The number of sulfonamides is 1. The van der Waals surface area contributed by atoms with Crippen molar-refractivity contribution in [1.82, 2.24) is 4.31 Å². The van der Waals surface area contributed by atoms with E-state index < -0.39 is 15.6 Å². The predicted molar refractivity (Wildman–Crippen MR) is 84.9 cm³/mol. The summed E-state index contributed by atoms with van der Waals surface area (Å²) >= 11 is 0. The fourth-order valence-corrected chi connectivity index (χ4v) is 3.81. The van der Waals surface area contributed by atoms with Gasteiger partial charge in [0.15, 0.2) is 5.78 Å². The van der Waals surface area contributed by atoms with Gasteiger partial charge in [0, 0.05) is 24.1 Å². The second-order valence-corrected chi connectivity index (χ2v) is 7.66. The van der Waals surface area contributed by atoms with Crippen LogP contribution in [-0.2, 0) is 10.0 Å². The van der Waals surface area contributed by atoms with Gasteiger partial charge in [-0.25, -0.2) is 8.42 Å². The second-order valence-electron chi connectivity index (χ2n) is 5.80. The summed E-state index contributed by atoms with van der Waals surface area (Å²) in [6.45, 7) is 11.1. The standard InChI is InChI=1S/C16H23NO3S/c1-6-11-17(16(3,4)5)21(19,20)14-10-8-9-13(12-14)15(18)7-2/h6,8-10,12H,1,7,11H2,2-5H3. The molecule has 0 aliphatic rings. The maximum Gasteiger partial charge on any atom is 0.243 e. The van der Waals surface area contributed by atoms with Crippen LogP contribution < -0.4 is 0 Å². The highest BCUT2D eigenvalue weighted by atomic mass is 32.2. The Morgan fingerprint density at radius 1 is 1.33 bits per heavy atom. The summed E-state index contributed by atoms with van der Waals surface area (Å²) in [6.07, 6.45) is 1.91. The Labute approximate surface area is 127 Å². The number of Topliss-reactive ketones (excluding diaryl/α,β-unsaturated/α-hetero) is 1. The molecule has 1 aromatic carbocycles. The Morgan fingerprint density at radius 3 is 2.43 bits per heavy atom. The Morgan fingerprint density at radius 2 is 1.95 bits per heavy atom. The molecule has 0 aliphatic heterocycles. The quantitative estimate of drug-likeness (QED) is 0.598. The lowest BCUT2D eigenvalue weighted by Crippen LogP contribution is -2.45. The molecule has 0 unspecified atom stereocenters. The van der Waals surface area contributed by atoms with Crippen molar-refractivity contribution in [2.24, 2.45) is 0 Å². The lowest BCUT2D eigenvalue weighted by Gasteiger charge is -2.33. The monoisotopic (exact) mass is 309 g/mol. The fourth-order valence-electron chi connectivity index (χ4n) is 2.01. The van der Waals surface area contributed by atoms with Crippen molar-refractivity contribution in [3.8, 4) is 0 Å². The van der Waals surface area contributed by atoms with E-state index in [0.29, 0.717) is 12.0 Å². The molecule has 1 aromatic rings. The second kappa shape index (κ2) is 6.54. The van der Waals surface area contributed by atoms with Crippen LogP contribution in [0, 0.1) is 0 Å². The first kappa shape index (κ1) is 17.6. The molecule has 0 aromatic heterocycles. The highest BCUT2D eigenvalue weighted by Crippen LogP contribution is 2.25. The normalized spacial score (nSPS) is 12.4. The minimum absolute atomic E-state index is 0.0712. The Balaban J connectivity index is 3.35. The maximum absolute atomic E-state index is 12.8. The zero-order chi connectivity index (χ0) is 16.3. The van der Waals surface area contributed by atoms with Crippen LogP contribution in [0.5, 0.6) is 0 Å². The summed E-state index contributed by atoms with van der Waals surface area (Å²) < 4.78 is 27.0. The Hall–Kier alpha value is -1.46. The molecule has 0 saturated carbocycles. The molecular formula is C16H23NO3S. The molecule has 1 rings (SSSR count).